The molecule has 0 bridgehead atoms. The van der Waals surface area contributed by atoms with Crippen molar-refractivity contribution in [2.45, 2.75) is 32.4 Å². The zero-order valence-electron chi connectivity index (χ0n) is 7.75. The smallest absolute Gasteiger partial charge is 0.144 e. The van der Waals surface area contributed by atoms with Gasteiger partial charge in [-0.1, -0.05) is 5.16 Å². The SMILES string of the molecule is CC(N)Cc1onc2c1COCC2. The Bertz CT molecular complexity index is 294. The molecule has 13 heavy (non-hydrogen) atoms. The maximum absolute atomic E-state index is 5.69. The van der Waals surface area contributed by atoms with E-state index in [0.717, 1.165) is 36.5 Å². The fraction of sp³-hybridized carbons (Fsp3) is 0.667. The molecule has 2 N–H and O–H groups in total. The Labute approximate surface area is 77.0 Å². The first kappa shape index (κ1) is 8.72. The quantitative estimate of drug-likeness (QED) is 0.729. The number of aromatic nitrogens is 1. The van der Waals surface area contributed by atoms with Crippen molar-refractivity contribution >= 4 is 0 Å². The summed E-state index contributed by atoms with van der Waals surface area (Å²) in [5, 5.41) is 4.00. The van der Waals surface area contributed by atoms with Gasteiger partial charge in [0, 0.05) is 24.4 Å². The molecule has 0 aromatic carbocycles. The summed E-state index contributed by atoms with van der Waals surface area (Å²) in [6, 6.07) is 0.110. The predicted molar refractivity (Wildman–Crippen MR) is 47.2 cm³/mol. The third-order valence-corrected chi connectivity index (χ3v) is 2.19. The van der Waals surface area contributed by atoms with Crippen LogP contribution in [0.15, 0.2) is 4.52 Å². The molecule has 0 aliphatic carbocycles. The van der Waals surface area contributed by atoms with Gasteiger partial charge >= 0.3 is 0 Å². The predicted octanol–water partition coefficient (Wildman–Crippen LogP) is 0.637. The Kier molecular flexibility index (Phi) is 2.33. The molecule has 1 atom stereocenters. The van der Waals surface area contributed by atoms with Crippen molar-refractivity contribution in [2.75, 3.05) is 6.61 Å². The third kappa shape index (κ3) is 1.73. The number of ether oxygens (including phenoxy) is 1. The van der Waals surface area contributed by atoms with Gasteiger partial charge < -0.3 is 15.0 Å². The molecule has 0 saturated carbocycles. The summed E-state index contributed by atoms with van der Waals surface area (Å²) in [4.78, 5) is 0. The molecule has 0 fully saturated rings. The van der Waals surface area contributed by atoms with E-state index in [1.54, 1.807) is 0 Å². The van der Waals surface area contributed by atoms with E-state index in [2.05, 4.69) is 5.16 Å². The normalized spacial score (nSPS) is 18.3. The molecule has 1 aromatic rings. The molecule has 1 aliphatic rings. The third-order valence-electron chi connectivity index (χ3n) is 2.19. The number of hydrogen-bond acceptors (Lipinski definition) is 4. The van der Waals surface area contributed by atoms with Gasteiger partial charge in [0.2, 0.25) is 0 Å². The monoisotopic (exact) mass is 182 g/mol. The maximum Gasteiger partial charge on any atom is 0.144 e. The average Bonchev–Trinajstić information content (AvgIpc) is 2.48. The highest BCUT2D eigenvalue weighted by Gasteiger charge is 2.19. The molecule has 1 unspecified atom stereocenters. The largest absolute Gasteiger partial charge is 0.376 e. The Hall–Kier alpha value is -0.870. The lowest BCUT2D eigenvalue weighted by molar-refractivity contribution is 0.109. The van der Waals surface area contributed by atoms with Crippen LogP contribution in [0.3, 0.4) is 0 Å². The molecule has 0 saturated heterocycles. The van der Waals surface area contributed by atoms with Crippen LogP contribution < -0.4 is 5.73 Å². The molecule has 0 radical (unpaired) electrons. The molecule has 2 heterocycles. The van der Waals surface area contributed by atoms with E-state index in [9.17, 15) is 0 Å². The zero-order valence-corrected chi connectivity index (χ0v) is 7.75. The second-order valence-electron chi connectivity index (χ2n) is 3.51. The van der Waals surface area contributed by atoms with Crippen LogP contribution in [0.2, 0.25) is 0 Å². The average molecular weight is 182 g/mol. The highest BCUT2D eigenvalue weighted by atomic mass is 16.5. The number of fused-ring (bicyclic) bond motifs is 1. The fourth-order valence-corrected chi connectivity index (χ4v) is 1.54. The van der Waals surface area contributed by atoms with E-state index in [4.69, 9.17) is 15.0 Å². The van der Waals surface area contributed by atoms with Crippen molar-refractivity contribution < 1.29 is 9.26 Å². The first-order valence-electron chi connectivity index (χ1n) is 4.57. The van der Waals surface area contributed by atoms with E-state index in [0.29, 0.717) is 6.61 Å². The Morgan fingerprint density at radius 2 is 2.46 bits per heavy atom. The number of nitrogens with zero attached hydrogens (tertiary/aromatic N) is 1. The number of hydrogen-bond donors (Lipinski definition) is 1. The van der Waals surface area contributed by atoms with Gasteiger partial charge in [-0.05, 0) is 6.92 Å². The summed E-state index contributed by atoms with van der Waals surface area (Å²) in [6.07, 6.45) is 1.60. The lowest BCUT2D eigenvalue weighted by Gasteiger charge is -2.11. The van der Waals surface area contributed by atoms with E-state index in [1.165, 1.54) is 0 Å². The van der Waals surface area contributed by atoms with E-state index in [-0.39, 0.29) is 6.04 Å². The maximum atomic E-state index is 5.69. The number of rotatable bonds is 2. The second-order valence-corrected chi connectivity index (χ2v) is 3.51. The van der Waals surface area contributed by atoms with Crippen LogP contribution >= 0.6 is 0 Å². The minimum absolute atomic E-state index is 0.110. The molecular weight excluding hydrogens is 168 g/mol. The first-order valence-corrected chi connectivity index (χ1v) is 4.57. The van der Waals surface area contributed by atoms with Crippen molar-refractivity contribution in [1.82, 2.24) is 5.16 Å². The summed E-state index contributed by atoms with van der Waals surface area (Å²) in [6.45, 7) is 3.33. The van der Waals surface area contributed by atoms with Crippen LogP contribution in [-0.4, -0.2) is 17.8 Å². The topological polar surface area (TPSA) is 61.3 Å². The van der Waals surface area contributed by atoms with Gasteiger partial charge in [0.1, 0.15) is 5.76 Å². The Balaban J connectivity index is 2.21. The second kappa shape index (κ2) is 3.47. The zero-order chi connectivity index (χ0) is 9.26. The lowest BCUT2D eigenvalue weighted by atomic mass is 10.1. The van der Waals surface area contributed by atoms with Crippen LogP contribution in [0.25, 0.3) is 0 Å². The van der Waals surface area contributed by atoms with Crippen LogP contribution in [0.1, 0.15) is 23.9 Å². The standard InChI is InChI=1S/C9H14N2O2/c1-6(10)4-9-7-5-12-3-2-8(7)11-13-9/h6H,2-5,10H2,1H3. The molecule has 4 heteroatoms. The van der Waals surface area contributed by atoms with Gasteiger partial charge in [0.25, 0.3) is 0 Å². The lowest BCUT2D eigenvalue weighted by Crippen LogP contribution is -2.19. The summed E-state index contributed by atoms with van der Waals surface area (Å²) in [5.74, 6) is 0.893. The highest BCUT2D eigenvalue weighted by molar-refractivity contribution is 5.24. The van der Waals surface area contributed by atoms with Crippen molar-refractivity contribution in [1.29, 1.82) is 0 Å². The molecule has 0 spiro atoms. The summed E-state index contributed by atoms with van der Waals surface area (Å²) in [7, 11) is 0. The van der Waals surface area contributed by atoms with Crippen LogP contribution in [0, 0.1) is 0 Å². The fourth-order valence-electron chi connectivity index (χ4n) is 1.54. The Morgan fingerprint density at radius 3 is 3.23 bits per heavy atom. The van der Waals surface area contributed by atoms with E-state index >= 15 is 0 Å². The van der Waals surface area contributed by atoms with Crippen LogP contribution in [-0.2, 0) is 24.2 Å². The van der Waals surface area contributed by atoms with Gasteiger partial charge in [0.15, 0.2) is 0 Å². The van der Waals surface area contributed by atoms with Gasteiger partial charge in [-0.2, -0.15) is 0 Å². The minimum atomic E-state index is 0.110. The van der Waals surface area contributed by atoms with E-state index < -0.39 is 0 Å². The van der Waals surface area contributed by atoms with Gasteiger partial charge in [-0.15, -0.1) is 0 Å². The molecule has 0 amide bonds. The van der Waals surface area contributed by atoms with Crippen molar-refractivity contribution in [3.05, 3.63) is 17.0 Å². The first-order chi connectivity index (χ1) is 6.27. The van der Waals surface area contributed by atoms with Crippen LogP contribution in [0.4, 0.5) is 0 Å². The molecular formula is C9H14N2O2. The highest BCUT2D eigenvalue weighted by Crippen LogP contribution is 2.20. The van der Waals surface area contributed by atoms with Crippen molar-refractivity contribution in [3.63, 3.8) is 0 Å². The minimum Gasteiger partial charge on any atom is -0.376 e. The summed E-state index contributed by atoms with van der Waals surface area (Å²) >= 11 is 0. The molecule has 72 valence electrons. The van der Waals surface area contributed by atoms with Gasteiger partial charge in [-0.3, -0.25) is 0 Å². The van der Waals surface area contributed by atoms with Gasteiger partial charge in [0.05, 0.1) is 18.9 Å². The van der Waals surface area contributed by atoms with Gasteiger partial charge in [-0.25, -0.2) is 0 Å². The number of nitrogens with two attached hydrogens (primary N) is 1. The molecule has 1 aromatic heterocycles. The van der Waals surface area contributed by atoms with E-state index in [1.807, 2.05) is 6.92 Å². The Morgan fingerprint density at radius 1 is 1.62 bits per heavy atom. The van der Waals surface area contributed by atoms with Crippen molar-refractivity contribution in [3.8, 4) is 0 Å². The molecule has 1 aliphatic heterocycles. The summed E-state index contributed by atoms with van der Waals surface area (Å²) in [5.41, 5.74) is 7.85. The summed E-state index contributed by atoms with van der Waals surface area (Å²) < 4.78 is 10.6. The van der Waals surface area contributed by atoms with Crippen LogP contribution in [0.5, 0.6) is 0 Å². The van der Waals surface area contributed by atoms with Crippen molar-refractivity contribution in [2.24, 2.45) is 5.73 Å². The molecule has 2 rings (SSSR count). The molecule has 4 nitrogen and oxygen atoms in total.